The van der Waals surface area contributed by atoms with Gasteiger partial charge in [0, 0.05) is 6.20 Å². The molecule has 4 nitrogen and oxygen atoms in total. The van der Waals surface area contributed by atoms with Gasteiger partial charge in [-0.3, -0.25) is 4.68 Å². The maximum absolute atomic E-state index is 13.4. The minimum Gasteiger partial charge on any atom is -0.478 e. The first-order valence-electron chi connectivity index (χ1n) is 5.07. The lowest BCUT2D eigenvalue weighted by atomic mass is 10.1. The van der Waals surface area contributed by atoms with Gasteiger partial charge in [0.15, 0.2) is 0 Å². The Kier molecular flexibility index (Phi) is 2.91. The molecule has 0 aliphatic rings. The van der Waals surface area contributed by atoms with Crippen LogP contribution < -0.4 is 0 Å². The van der Waals surface area contributed by atoms with E-state index in [1.165, 1.54) is 12.1 Å². The lowest BCUT2D eigenvalue weighted by Gasteiger charge is -2.03. The summed E-state index contributed by atoms with van der Waals surface area (Å²) < 4.78 is 15.1. The van der Waals surface area contributed by atoms with Crippen LogP contribution in [0.25, 0.3) is 0 Å². The fourth-order valence-electron chi connectivity index (χ4n) is 1.57. The third-order valence-electron chi connectivity index (χ3n) is 2.37. The first kappa shape index (κ1) is 11.3. The Bertz CT molecular complexity index is 563. The van der Waals surface area contributed by atoms with E-state index in [4.69, 9.17) is 5.11 Å². The molecule has 0 aliphatic carbocycles. The van der Waals surface area contributed by atoms with Gasteiger partial charge in [0.05, 0.1) is 18.3 Å². The van der Waals surface area contributed by atoms with E-state index >= 15 is 0 Å². The van der Waals surface area contributed by atoms with Crippen molar-refractivity contribution < 1.29 is 14.3 Å². The van der Waals surface area contributed by atoms with Gasteiger partial charge in [-0.2, -0.15) is 5.10 Å². The quantitative estimate of drug-likeness (QED) is 0.884. The zero-order valence-electron chi connectivity index (χ0n) is 9.22. The molecule has 0 saturated carbocycles. The van der Waals surface area contributed by atoms with Crippen molar-refractivity contribution in [3.05, 3.63) is 53.1 Å². The van der Waals surface area contributed by atoms with Crippen LogP contribution in [0, 0.1) is 12.7 Å². The standard InChI is InChI=1S/C12H11FN2O2/c1-8-5-14-15(6-8)7-9-2-3-10(12(16)17)11(13)4-9/h2-6H,7H2,1H3,(H,16,17). The van der Waals surface area contributed by atoms with Crippen molar-refractivity contribution in [3.63, 3.8) is 0 Å². The van der Waals surface area contributed by atoms with Crippen LogP contribution in [0.4, 0.5) is 4.39 Å². The van der Waals surface area contributed by atoms with E-state index in [2.05, 4.69) is 5.10 Å². The van der Waals surface area contributed by atoms with Gasteiger partial charge in [0.1, 0.15) is 5.82 Å². The molecule has 2 aromatic rings. The summed E-state index contributed by atoms with van der Waals surface area (Å²) in [6.45, 7) is 2.34. The molecule has 5 heteroatoms. The second-order valence-corrected chi connectivity index (χ2v) is 3.83. The van der Waals surface area contributed by atoms with Crippen LogP contribution in [0.1, 0.15) is 21.5 Å². The van der Waals surface area contributed by atoms with Crippen molar-refractivity contribution >= 4 is 5.97 Å². The smallest absolute Gasteiger partial charge is 0.338 e. The number of nitrogens with zero attached hydrogens (tertiary/aromatic N) is 2. The molecule has 0 bridgehead atoms. The molecule has 0 unspecified atom stereocenters. The summed E-state index contributed by atoms with van der Waals surface area (Å²) in [6.07, 6.45) is 3.55. The first-order chi connectivity index (χ1) is 8.06. The first-order valence-corrected chi connectivity index (χ1v) is 5.07. The Labute approximate surface area is 97.3 Å². The van der Waals surface area contributed by atoms with Crippen LogP contribution in [-0.2, 0) is 6.54 Å². The van der Waals surface area contributed by atoms with Crippen molar-refractivity contribution in [2.45, 2.75) is 13.5 Å². The van der Waals surface area contributed by atoms with E-state index < -0.39 is 11.8 Å². The summed E-state index contributed by atoms with van der Waals surface area (Å²) >= 11 is 0. The number of aromatic carboxylic acids is 1. The van der Waals surface area contributed by atoms with Crippen molar-refractivity contribution in [2.75, 3.05) is 0 Å². The van der Waals surface area contributed by atoms with E-state index in [1.54, 1.807) is 16.9 Å². The van der Waals surface area contributed by atoms with E-state index in [1.807, 2.05) is 13.1 Å². The number of carbonyl (C=O) groups is 1. The molecule has 0 amide bonds. The highest BCUT2D eigenvalue weighted by atomic mass is 19.1. The SMILES string of the molecule is Cc1cnn(Cc2ccc(C(=O)O)c(F)c2)c1. The van der Waals surface area contributed by atoms with Crippen LogP contribution in [0.2, 0.25) is 0 Å². The zero-order valence-corrected chi connectivity index (χ0v) is 9.22. The molecule has 1 heterocycles. The number of carboxylic acids is 1. The van der Waals surface area contributed by atoms with E-state index in [0.29, 0.717) is 12.1 Å². The van der Waals surface area contributed by atoms with Gasteiger partial charge in [-0.25, -0.2) is 9.18 Å². The summed E-state index contributed by atoms with van der Waals surface area (Å²) in [5.41, 5.74) is 1.38. The number of carboxylic acid groups (broad SMARTS) is 1. The lowest BCUT2D eigenvalue weighted by Crippen LogP contribution is -2.04. The number of halogens is 1. The van der Waals surface area contributed by atoms with Gasteiger partial charge in [-0.1, -0.05) is 6.07 Å². The summed E-state index contributed by atoms with van der Waals surface area (Å²) in [7, 11) is 0. The Morgan fingerprint density at radius 2 is 2.29 bits per heavy atom. The van der Waals surface area contributed by atoms with Gasteiger partial charge in [0.2, 0.25) is 0 Å². The van der Waals surface area contributed by atoms with Gasteiger partial charge < -0.3 is 5.11 Å². The Balaban J connectivity index is 2.23. The van der Waals surface area contributed by atoms with Crippen molar-refractivity contribution in [1.82, 2.24) is 9.78 Å². The minimum absolute atomic E-state index is 0.314. The average Bonchev–Trinajstić information content (AvgIpc) is 2.63. The van der Waals surface area contributed by atoms with Crippen LogP contribution in [0.3, 0.4) is 0 Å². The third-order valence-corrected chi connectivity index (χ3v) is 2.37. The fourth-order valence-corrected chi connectivity index (χ4v) is 1.57. The Hall–Kier alpha value is -2.17. The monoisotopic (exact) mass is 234 g/mol. The highest BCUT2D eigenvalue weighted by molar-refractivity contribution is 5.87. The number of rotatable bonds is 3. The van der Waals surface area contributed by atoms with Crippen molar-refractivity contribution in [2.24, 2.45) is 0 Å². The highest BCUT2D eigenvalue weighted by Crippen LogP contribution is 2.11. The predicted octanol–water partition coefficient (Wildman–Crippen LogP) is 2.08. The molecule has 2 rings (SSSR count). The summed E-state index contributed by atoms with van der Waals surface area (Å²) in [5.74, 6) is -1.98. The summed E-state index contributed by atoms with van der Waals surface area (Å²) in [4.78, 5) is 10.6. The molecular formula is C12H11FN2O2. The number of hydrogen-bond donors (Lipinski definition) is 1. The molecule has 0 fully saturated rings. The van der Waals surface area contributed by atoms with Gasteiger partial charge in [0.25, 0.3) is 0 Å². The molecule has 0 saturated heterocycles. The van der Waals surface area contributed by atoms with E-state index in [-0.39, 0.29) is 5.56 Å². The molecule has 1 N–H and O–H groups in total. The maximum Gasteiger partial charge on any atom is 0.338 e. The fraction of sp³-hybridized carbons (Fsp3) is 0.167. The number of aryl methyl sites for hydroxylation is 1. The van der Waals surface area contributed by atoms with E-state index in [0.717, 1.165) is 5.56 Å². The van der Waals surface area contributed by atoms with Gasteiger partial charge in [-0.15, -0.1) is 0 Å². The van der Waals surface area contributed by atoms with Crippen LogP contribution in [-0.4, -0.2) is 20.9 Å². The summed E-state index contributed by atoms with van der Waals surface area (Å²) in [6, 6.07) is 4.08. The summed E-state index contributed by atoms with van der Waals surface area (Å²) in [5, 5.41) is 12.8. The Morgan fingerprint density at radius 3 is 2.82 bits per heavy atom. The largest absolute Gasteiger partial charge is 0.478 e. The van der Waals surface area contributed by atoms with Crippen molar-refractivity contribution in [1.29, 1.82) is 0 Å². The third kappa shape index (κ3) is 2.50. The molecule has 17 heavy (non-hydrogen) atoms. The second kappa shape index (κ2) is 4.37. The second-order valence-electron chi connectivity index (χ2n) is 3.83. The predicted molar refractivity (Wildman–Crippen MR) is 59.4 cm³/mol. The van der Waals surface area contributed by atoms with Gasteiger partial charge >= 0.3 is 5.97 Å². The van der Waals surface area contributed by atoms with Crippen LogP contribution in [0.15, 0.2) is 30.6 Å². The number of aromatic nitrogens is 2. The van der Waals surface area contributed by atoms with E-state index in [9.17, 15) is 9.18 Å². The minimum atomic E-state index is -1.26. The maximum atomic E-state index is 13.4. The molecule has 88 valence electrons. The average molecular weight is 234 g/mol. The number of hydrogen-bond acceptors (Lipinski definition) is 2. The van der Waals surface area contributed by atoms with Crippen molar-refractivity contribution in [3.8, 4) is 0 Å². The molecule has 0 atom stereocenters. The van der Waals surface area contributed by atoms with Gasteiger partial charge in [-0.05, 0) is 30.2 Å². The number of benzene rings is 1. The molecule has 1 aromatic carbocycles. The Morgan fingerprint density at radius 1 is 1.53 bits per heavy atom. The van der Waals surface area contributed by atoms with Crippen LogP contribution in [0.5, 0.6) is 0 Å². The topological polar surface area (TPSA) is 55.1 Å². The normalized spacial score (nSPS) is 10.5. The highest BCUT2D eigenvalue weighted by Gasteiger charge is 2.10. The molecule has 0 spiro atoms. The molecule has 0 radical (unpaired) electrons. The lowest BCUT2D eigenvalue weighted by molar-refractivity contribution is 0.0692. The van der Waals surface area contributed by atoms with Crippen LogP contribution >= 0.6 is 0 Å². The molecular weight excluding hydrogens is 223 g/mol. The molecule has 0 aliphatic heterocycles. The molecule has 1 aromatic heterocycles. The zero-order chi connectivity index (χ0) is 12.4.